The number of carbonyl (C=O) groups is 1. The molecule has 2 aliphatic heterocycles. The van der Waals surface area contributed by atoms with Gasteiger partial charge in [-0.2, -0.15) is 0 Å². The molecule has 2 aliphatic rings. The lowest BCUT2D eigenvalue weighted by atomic mass is 9.98. The van der Waals surface area contributed by atoms with Crippen molar-refractivity contribution < 1.29 is 22.7 Å². The number of ether oxygens (including phenoxy) is 2. The Hall–Kier alpha value is -2.81. The van der Waals surface area contributed by atoms with Crippen LogP contribution in [0.25, 0.3) is 0 Å². The van der Waals surface area contributed by atoms with Gasteiger partial charge in [0.25, 0.3) is 0 Å². The summed E-state index contributed by atoms with van der Waals surface area (Å²) in [5.41, 5.74) is 1.53. The molecule has 1 amide bonds. The van der Waals surface area contributed by atoms with E-state index >= 15 is 0 Å². The molecular weight excluding hydrogens is 454 g/mol. The molecule has 184 valence electrons. The van der Waals surface area contributed by atoms with E-state index in [9.17, 15) is 13.2 Å². The molecule has 2 aromatic rings. The highest BCUT2D eigenvalue weighted by Crippen LogP contribution is 2.35. The molecule has 0 radical (unpaired) electrons. The summed E-state index contributed by atoms with van der Waals surface area (Å²) < 4.78 is 35.1. The Morgan fingerprint density at radius 3 is 2.47 bits per heavy atom. The van der Waals surface area contributed by atoms with E-state index < -0.39 is 15.4 Å². The van der Waals surface area contributed by atoms with Gasteiger partial charge in [0.05, 0.1) is 17.7 Å². The summed E-state index contributed by atoms with van der Waals surface area (Å²) in [6.07, 6.45) is 5.25. The lowest BCUT2D eigenvalue weighted by Gasteiger charge is -2.33. The second kappa shape index (κ2) is 9.44. The number of fused-ring (bicyclic) bond motifs is 1. The van der Waals surface area contributed by atoms with Crippen molar-refractivity contribution in [1.29, 1.82) is 0 Å². The van der Waals surface area contributed by atoms with Crippen LogP contribution in [0.15, 0.2) is 41.4 Å². The van der Waals surface area contributed by atoms with Crippen molar-refractivity contribution in [3.8, 4) is 5.75 Å². The van der Waals surface area contributed by atoms with Gasteiger partial charge in [-0.3, -0.25) is 0 Å². The van der Waals surface area contributed by atoms with Gasteiger partial charge in [0.2, 0.25) is 0 Å². The van der Waals surface area contributed by atoms with Gasteiger partial charge in [-0.15, -0.1) is 0 Å². The summed E-state index contributed by atoms with van der Waals surface area (Å²) in [5, 5.41) is 0. The van der Waals surface area contributed by atoms with Crippen LogP contribution in [0, 0.1) is 5.92 Å². The minimum Gasteiger partial charge on any atom is -0.492 e. The topological polar surface area (TPSA) is 89.0 Å². The van der Waals surface area contributed by atoms with E-state index in [1.165, 1.54) is 6.26 Å². The van der Waals surface area contributed by atoms with Gasteiger partial charge in [0.1, 0.15) is 17.2 Å². The van der Waals surface area contributed by atoms with Gasteiger partial charge >= 0.3 is 6.09 Å². The standard InChI is InChI=1S/C25H33N3O5S/c1-25(2,3)33-24(29)27-12-9-18(10-13-27)17-32-20-5-8-23(26-16-20)28-14-11-19-15-21(34(4,30)31)6-7-22(19)28/h5-8,15-16,18H,9-14,17H2,1-4H3. The van der Waals surface area contributed by atoms with Crippen molar-refractivity contribution in [2.45, 2.75) is 50.5 Å². The Morgan fingerprint density at radius 2 is 1.85 bits per heavy atom. The molecule has 1 aromatic carbocycles. The second-order valence-electron chi connectivity index (χ2n) is 10.0. The van der Waals surface area contributed by atoms with E-state index in [0.717, 1.165) is 42.9 Å². The molecule has 0 bridgehead atoms. The molecule has 4 rings (SSSR count). The van der Waals surface area contributed by atoms with E-state index in [1.54, 1.807) is 23.2 Å². The number of aromatic nitrogens is 1. The van der Waals surface area contributed by atoms with E-state index in [4.69, 9.17) is 9.47 Å². The minimum absolute atomic E-state index is 0.248. The van der Waals surface area contributed by atoms with Gasteiger partial charge < -0.3 is 19.3 Å². The Bertz CT molecular complexity index is 1130. The molecule has 3 heterocycles. The maximum absolute atomic E-state index is 12.2. The lowest BCUT2D eigenvalue weighted by molar-refractivity contribution is 0.0165. The van der Waals surface area contributed by atoms with Crippen LogP contribution in [0.1, 0.15) is 39.2 Å². The minimum atomic E-state index is -3.22. The number of carbonyl (C=O) groups excluding carboxylic acids is 1. The molecule has 0 N–H and O–H groups in total. The summed E-state index contributed by atoms with van der Waals surface area (Å²) in [5.74, 6) is 1.90. The zero-order valence-corrected chi connectivity index (χ0v) is 21.1. The zero-order valence-electron chi connectivity index (χ0n) is 20.3. The van der Waals surface area contributed by atoms with Crippen LogP contribution in [0.4, 0.5) is 16.3 Å². The summed E-state index contributed by atoms with van der Waals surface area (Å²) in [6.45, 7) is 8.33. The number of amides is 1. The number of likely N-dealkylation sites (tertiary alicyclic amines) is 1. The van der Waals surface area contributed by atoms with Crippen LogP contribution >= 0.6 is 0 Å². The third kappa shape index (κ3) is 5.81. The molecule has 0 unspecified atom stereocenters. The Balaban J connectivity index is 1.29. The highest BCUT2D eigenvalue weighted by Gasteiger charge is 2.27. The zero-order chi connectivity index (χ0) is 24.5. The highest BCUT2D eigenvalue weighted by molar-refractivity contribution is 7.90. The van der Waals surface area contributed by atoms with Crippen LogP contribution in [0.3, 0.4) is 0 Å². The molecule has 0 aliphatic carbocycles. The van der Waals surface area contributed by atoms with Crippen molar-refractivity contribution >= 4 is 27.4 Å². The van der Waals surface area contributed by atoms with Crippen LogP contribution in [-0.4, -0.2) is 62.5 Å². The Morgan fingerprint density at radius 1 is 1.12 bits per heavy atom. The number of hydrogen-bond acceptors (Lipinski definition) is 7. The van der Waals surface area contributed by atoms with E-state index in [2.05, 4.69) is 9.88 Å². The first-order valence-corrected chi connectivity index (χ1v) is 13.6. The van der Waals surface area contributed by atoms with Gasteiger partial charge in [-0.1, -0.05) is 0 Å². The first kappa shape index (κ1) is 24.3. The molecule has 34 heavy (non-hydrogen) atoms. The molecular formula is C25H33N3O5S. The third-order valence-corrected chi connectivity index (χ3v) is 7.23. The average molecular weight is 488 g/mol. The Labute approximate surface area is 201 Å². The first-order chi connectivity index (χ1) is 16.0. The van der Waals surface area contributed by atoms with Crippen LogP contribution in [0.5, 0.6) is 5.75 Å². The molecule has 1 saturated heterocycles. The fourth-order valence-electron chi connectivity index (χ4n) is 4.29. The molecule has 1 aromatic heterocycles. The Kier molecular flexibility index (Phi) is 6.75. The van der Waals surface area contributed by atoms with Crippen LogP contribution in [-0.2, 0) is 21.0 Å². The number of benzene rings is 1. The van der Waals surface area contributed by atoms with Gasteiger partial charge in [0.15, 0.2) is 9.84 Å². The molecule has 1 fully saturated rings. The highest BCUT2D eigenvalue weighted by atomic mass is 32.2. The predicted octanol–water partition coefficient (Wildman–Crippen LogP) is 4.21. The second-order valence-corrected chi connectivity index (χ2v) is 12.1. The molecule has 8 nitrogen and oxygen atoms in total. The number of piperidine rings is 1. The van der Waals surface area contributed by atoms with Crippen LogP contribution in [0.2, 0.25) is 0 Å². The van der Waals surface area contributed by atoms with Gasteiger partial charge in [0, 0.05) is 31.6 Å². The molecule has 9 heteroatoms. The summed E-state index contributed by atoms with van der Waals surface area (Å²) in [4.78, 5) is 21.0. The van der Waals surface area contributed by atoms with Gasteiger partial charge in [-0.25, -0.2) is 18.2 Å². The third-order valence-electron chi connectivity index (χ3n) is 6.12. The fourth-order valence-corrected chi connectivity index (χ4v) is 4.96. The van der Waals surface area contributed by atoms with E-state index in [-0.39, 0.29) is 6.09 Å². The smallest absolute Gasteiger partial charge is 0.410 e. The number of rotatable bonds is 5. The number of sulfone groups is 1. The molecule has 0 saturated carbocycles. The fraction of sp³-hybridized carbons (Fsp3) is 0.520. The summed E-state index contributed by atoms with van der Waals surface area (Å²) in [6, 6.07) is 9.11. The largest absolute Gasteiger partial charge is 0.492 e. The van der Waals surface area contributed by atoms with Crippen molar-refractivity contribution in [3.63, 3.8) is 0 Å². The number of pyridine rings is 1. The van der Waals surface area contributed by atoms with Crippen molar-refractivity contribution in [3.05, 3.63) is 42.1 Å². The first-order valence-electron chi connectivity index (χ1n) is 11.7. The summed E-state index contributed by atoms with van der Waals surface area (Å²) in [7, 11) is -3.22. The quantitative estimate of drug-likeness (QED) is 0.624. The van der Waals surface area contributed by atoms with Crippen molar-refractivity contribution in [2.24, 2.45) is 5.92 Å². The molecule has 0 spiro atoms. The normalized spacial score (nSPS) is 16.9. The van der Waals surface area contributed by atoms with Gasteiger partial charge in [-0.05, 0) is 81.8 Å². The summed E-state index contributed by atoms with van der Waals surface area (Å²) >= 11 is 0. The lowest BCUT2D eigenvalue weighted by Crippen LogP contribution is -2.42. The number of anilines is 2. The maximum atomic E-state index is 12.2. The predicted molar refractivity (Wildman–Crippen MR) is 131 cm³/mol. The van der Waals surface area contributed by atoms with Crippen molar-refractivity contribution in [1.82, 2.24) is 9.88 Å². The van der Waals surface area contributed by atoms with E-state index in [0.29, 0.717) is 36.3 Å². The SMILES string of the molecule is CC(C)(C)OC(=O)N1CCC(COc2ccc(N3CCc4cc(S(C)(=O)=O)ccc43)nc2)CC1. The number of nitrogens with zero attached hydrogens (tertiary/aromatic N) is 3. The monoisotopic (exact) mass is 487 g/mol. The van der Waals surface area contributed by atoms with E-state index in [1.807, 2.05) is 39.0 Å². The average Bonchev–Trinajstić information content (AvgIpc) is 3.20. The number of hydrogen-bond donors (Lipinski definition) is 0. The molecule has 0 atom stereocenters. The maximum Gasteiger partial charge on any atom is 0.410 e. The van der Waals surface area contributed by atoms with Crippen molar-refractivity contribution in [2.75, 3.05) is 37.4 Å². The van der Waals surface area contributed by atoms with Crippen LogP contribution < -0.4 is 9.64 Å².